The molecule has 2 rings (SSSR count). The fourth-order valence-electron chi connectivity index (χ4n) is 2.75. The van der Waals surface area contributed by atoms with Gasteiger partial charge >= 0.3 is 5.97 Å². The van der Waals surface area contributed by atoms with Crippen LogP contribution in [0.2, 0.25) is 0 Å². The maximum Gasteiger partial charge on any atom is 0.317 e. The molecule has 1 unspecified atom stereocenters. The second-order valence-electron chi connectivity index (χ2n) is 5.99. The van der Waals surface area contributed by atoms with Gasteiger partial charge in [-0.2, -0.15) is 0 Å². The third-order valence-electron chi connectivity index (χ3n) is 4.06. The number of carbonyl (C=O) groups excluding carboxylic acids is 1. The van der Waals surface area contributed by atoms with E-state index < -0.39 is 5.97 Å². The number of anilines is 1. The number of amides is 1. The molecule has 1 amide bonds. The predicted octanol–water partition coefficient (Wildman–Crippen LogP) is 4.22. The van der Waals surface area contributed by atoms with E-state index in [1.807, 2.05) is 61.2 Å². The van der Waals surface area contributed by atoms with Crippen molar-refractivity contribution in [2.24, 2.45) is 0 Å². The molecule has 2 aromatic carbocycles. The molecule has 0 aromatic heterocycles. The van der Waals surface area contributed by atoms with Crippen LogP contribution in [0, 0.1) is 0 Å². The summed E-state index contributed by atoms with van der Waals surface area (Å²) in [4.78, 5) is 25.3. The van der Waals surface area contributed by atoms with Gasteiger partial charge in [-0.15, -0.1) is 12.4 Å². The molecule has 0 heterocycles. The van der Waals surface area contributed by atoms with Gasteiger partial charge in [-0.25, -0.2) is 0 Å². The van der Waals surface area contributed by atoms with Gasteiger partial charge in [-0.05, 0) is 49.7 Å². The molecule has 2 N–H and O–H groups in total. The highest BCUT2D eigenvalue weighted by molar-refractivity contribution is 6.04. The van der Waals surface area contributed by atoms with Crippen molar-refractivity contribution in [1.82, 2.24) is 4.90 Å². The Morgan fingerprint density at radius 2 is 1.81 bits per heavy atom. The first-order valence-electron chi connectivity index (χ1n) is 8.43. The molecule has 6 heteroatoms. The Kier molecular flexibility index (Phi) is 8.82. The minimum absolute atomic E-state index is 0. The molecule has 26 heavy (non-hydrogen) atoms. The van der Waals surface area contributed by atoms with Crippen LogP contribution >= 0.6 is 12.4 Å². The number of rotatable bonds is 8. The van der Waals surface area contributed by atoms with E-state index >= 15 is 0 Å². The summed E-state index contributed by atoms with van der Waals surface area (Å²) in [6, 6.07) is 16.5. The van der Waals surface area contributed by atoms with Gasteiger partial charge in [0.2, 0.25) is 0 Å². The van der Waals surface area contributed by atoms with Crippen molar-refractivity contribution in [3.05, 3.63) is 65.7 Å². The van der Waals surface area contributed by atoms with Gasteiger partial charge in [0, 0.05) is 17.3 Å². The van der Waals surface area contributed by atoms with Gasteiger partial charge in [0.1, 0.15) is 0 Å². The average molecular weight is 377 g/mol. The highest BCUT2D eigenvalue weighted by atomic mass is 35.5. The Labute approximate surface area is 160 Å². The van der Waals surface area contributed by atoms with Crippen LogP contribution in [0.3, 0.4) is 0 Å². The number of carboxylic acid groups (broad SMARTS) is 1. The fraction of sp³-hybridized carbons (Fsp3) is 0.300. The zero-order valence-corrected chi connectivity index (χ0v) is 15.8. The summed E-state index contributed by atoms with van der Waals surface area (Å²) in [5.74, 6) is -1.00. The molecular formula is C20H25ClN2O3. The summed E-state index contributed by atoms with van der Waals surface area (Å²) in [7, 11) is 0. The van der Waals surface area contributed by atoms with E-state index in [2.05, 4.69) is 5.32 Å². The third kappa shape index (κ3) is 6.17. The van der Waals surface area contributed by atoms with Crippen molar-refractivity contribution in [2.45, 2.75) is 26.3 Å². The number of hydrogen-bond donors (Lipinski definition) is 2. The average Bonchev–Trinajstić information content (AvgIpc) is 2.61. The molecule has 1 atom stereocenters. The van der Waals surface area contributed by atoms with E-state index in [0.717, 1.165) is 12.0 Å². The minimum atomic E-state index is -0.839. The lowest BCUT2D eigenvalue weighted by Gasteiger charge is -2.27. The van der Waals surface area contributed by atoms with E-state index in [4.69, 9.17) is 5.11 Å². The fourth-order valence-corrected chi connectivity index (χ4v) is 2.75. The Balaban J connectivity index is 0.00000338. The highest BCUT2D eigenvalue weighted by Gasteiger charge is 2.18. The van der Waals surface area contributed by atoms with Gasteiger partial charge in [-0.1, -0.05) is 37.3 Å². The van der Waals surface area contributed by atoms with Gasteiger partial charge < -0.3 is 10.4 Å². The summed E-state index contributed by atoms with van der Waals surface area (Å²) >= 11 is 0. The molecule has 2 aromatic rings. The van der Waals surface area contributed by atoms with Crippen molar-refractivity contribution >= 4 is 30.0 Å². The van der Waals surface area contributed by atoms with E-state index in [1.54, 1.807) is 12.1 Å². The lowest BCUT2D eigenvalue weighted by molar-refractivity contribution is -0.138. The van der Waals surface area contributed by atoms with Crippen molar-refractivity contribution in [3.63, 3.8) is 0 Å². The normalized spacial score (nSPS) is 11.5. The summed E-state index contributed by atoms with van der Waals surface area (Å²) < 4.78 is 0. The van der Waals surface area contributed by atoms with Crippen molar-refractivity contribution in [2.75, 3.05) is 18.4 Å². The van der Waals surface area contributed by atoms with Crippen LogP contribution in [-0.2, 0) is 4.79 Å². The second-order valence-corrected chi connectivity index (χ2v) is 5.99. The number of aliphatic carboxylic acids is 1. The molecule has 0 aliphatic heterocycles. The molecule has 0 aliphatic carbocycles. The van der Waals surface area contributed by atoms with Gasteiger partial charge in [0.25, 0.3) is 5.91 Å². The number of carbonyl (C=O) groups is 2. The molecule has 0 radical (unpaired) electrons. The number of nitrogens with zero attached hydrogens (tertiary/aromatic N) is 1. The van der Waals surface area contributed by atoms with E-state index in [1.165, 1.54) is 0 Å². The zero-order valence-electron chi connectivity index (χ0n) is 15.0. The summed E-state index contributed by atoms with van der Waals surface area (Å²) in [5, 5.41) is 12.0. The second kappa shape index (κ2) is 10.6. The van der Waals surface area contributed by atoms with Gasteiger partial charge in [0.15, 0.2) is 0 Å². The molecular weight excluding hydrogens is 352 g/mol. The Morgan fingerprint density at radius 3 is 2.42 bits per heavy atom. The molecule has 0 aliphatic rings. The smallest absolute Gasteiger partial charge is 0.317 e. The minimum Gasteiger partial charge on any atom is -0.480 e. The summed E-state index contributed by atoms with van der Waals surface area (Å²) in [6.07, 6.45) is 0.877. The third-order valence-corrected chi connectivity index (χ3v) is 4.06. The first-order valence-corrected chi connectivity index (χ1v) is 8.43. The van der Waals surface area contributed by atoms with Crippen LogP contribution in [0.15, 0.2) is 54.6 Å². The van der Waals surface area contributed by atoms with E-state index in [-0.39, 0.29) is 30.9 Å². The number of hydrogen-bond acceptors (Lipinski definition) is 3. The molecule has 5 nitrogen and oxygen atoms in total. The van der Waals surface area contributed by atoms with Crippen LogP contribution in [-0.4, -0.2) is 35.0 Å². The highest BCUT2D eigenvalue weighted by Crippen LogP contribution is 2.23. The van der Waals surface area contributed by atoms with Crippen molar-refractivity contribution < 1.29 is 14.7 Å². The Hall–Kier alpha value is -2.37. The standard InChI is InChI=1S/C20H24N2O3.ClH/c1-3-12-22(14-19(23)24)15(2)17-10-7-11-18(13-17)21-20(25)16-8-5-4-6-9-16;/h4-11,13,15H,3,12,14H2,1-2H3,(H,21,25)(H,23,24);1H. The van der Waals surface area contributed by atoms with Crippen LogP contribution in [0.4, 0.5) is 5.69 Å². The topological polar surface area (TPSA) is 69.6 Å². The summed E-state index contributed by atoms with van der Waals surface area (Å²) in [6.45, 7) is 4.71. The first kappa shape index (κ1) is 21.7. The Bertz CT molecular complexity index is 722. The molecule has 0 saturated carbocycles. The predicted molar refractivity (Wildman–Crippen MR) is 106 cm³/mol. The van der Waals surface area contributed by atoms with E-state index in [0.29, 0.717) is 17.8 Å². The van der Waals surface area contributed by atoms with Crippen LogP contribution < -0.4 is 5.32 Å². The largest absolute Gasteiger partial charge is 0.480 e. The molecule has 0 fully saturated rings. The van der Waals surface area contributed by atoms with Crippen LogP contribution in [0.5, 0.6) is 0 Å². The molecule has 0 spiro atoms. The van der Waals surface area contributed by atoms with Crippen molar-refractivity contribution in [3.8, 4) is 0 Å². The molecule has 0 bridgehead atoms. The maximum atomic E-state index is 12.3. The lowest BCUT2D eigenvalue weighted by atomic mass is 10.1. The quantitative estimate of drug-likeness (QED) is 0.723. The van der Waals surface area contributed by atoms with Crippen LogP contribution in [0.25, 0.3) is 0 Å². The number of halogens is 1. The maximum absolute atomic E-state index is 12.3. The van der Waals surface area contributed by atoms with Gasteiger partial charge in [0.05, 0.1) is 6.54 Å². The lowest BCUT2D eigenvalue weighted by Crippen LogP contribution is -2.33. The van der Waals surface area contributed by atoms with E-state index in [9.17, 15) is 9.59 Å². The summed E-state index contributed by atoms with van der Waals surface area (Å²) in [5.41, 5.74) is 2.27. The molecule has 140 valence electrons. The monoisotopic (exact) mass is 376 g/mol. The number of carboxylic acids is 1. The zero-order chi connectivity index (χ0) is 18.2. The number of benzene rings is 2. The van der Waals surface area contributed by atoms with Crippen molar-refractivity contribution in [1.29, 1.82) is 0 Å². The van der Waals surface area contributed by atoms with Crippen LogP contribution in [0.1, 0.15) is 42.2 Å². The SMILES string of the molecule is CCCN(CC(=O)O)C(C)c1cccc(NC(=O)c2ccccc2)c1.Cl. The number of nitrogens with one attached hydrogen (secondary N) is 1. The molecule has 0 saturated heterocycles. The van der Waals surface area contributed by atoms with Gasteiger partial charge in [-0.3, -0.25) is 14.5 Å². The Morgan fingerprint density at radius 1 is 1.12 bits per heavy atom. The first-order chi connectivity index (χ1) is 12.0.